The number of carboxylic acids is 1. The highest BCUT2D eigenvalue weighted by Gasteiger charge is 2.50. The molecule has 0 radical (unpaired) electrons. The summed E-state index contributed by atoms with van der Waals surface area (Å²) in [6.07, 6.45) is 13.4. The molecule has 3 aliphatic carbocycles. The van der Waals surface area contributed by atoms with E-state index in [1.807, 2.05) is 32.9 Å². The summed E-state index contributed by atoms with van der Waals surface area (Å²) in [5.41, 5.74) is -0.539. The largest absolute Gasteiger partial charge is 0.481 e. The van der Waals surface area contributed by atoms with Gasteiger partial charge in [0.05, 0.1) is 12.1 Å². The van der Waals surface area contributed by atoms with Crippen molar-refractivity contribution in [3.05, 3.63) is 36.4 Å². The lowest BCUT2D eigenvalue weighted by Crippen LogP contribution is -2.61. The van der Waals surface area contributed by atoms with Crippen LogP contribution in [0.1, 0.15) is 69.8 Å². The van der Waals surface area contributed by atoms with E-state index in [0.29, 0.717) is 6.42 Å². The van der Waals surface area contributed by atoms with Crippen molar-refractivity contribution in [2.75, 3.05) is 0 Å². The first-order chi connectivity index (χ1) is 17.6. The molecule has 4 N–H and O–H groups in total. The summed E-state index contributed by atoms with van der Waals surface area (Å²) >= 11 is 0. The fraction of sp³-hybridized carbons (Fsp3) is 0.630. The molecule has 1 aromatic rings. The third kappa shape index (κ3) is 5.99. The maximum absolute atomic E-state index is 13.7. The molecule has 37 heavy (non-hydrogen) atoms. The molecule has 3 aliphatic rings. The first-order valence-corrected chi connectivity index (χ1v) is 13.1. The number of rotatable bonds is 8. The smallest absolute Gasteiger partial charge is 0.309 e. The van der Waals surface area contributed by atoms with Crippen molar-refractivity contribution < 1.29 is 24.3 Å². The summed E-state index contributed by atoms with van der Waals surface area (Å²) in [7, 11) is 0. The fourth-order valence-corrected chi connectivity index (χ4v) is 6.01. The van der Waals surface area contributed by atoms with E-state index in [9.17, 15) is 24.3 Å². The second-order valence-electron chi connectivity index (χ2n) is 11.6. The lowest BCUT2D eigenvalue weighted by atomic mass is 9.82. The Labute approximate surface area is 217 Å². The van der Waals surface area contributed by atoms with Crippen molar-refractivity contribution in [3.63, 3.8) is 0 Å². The van der Waals surface area contributed by atoms with Crippen LogP contribution in [0, 0.1) is 29.1 Å². The number of carboxylic acid groups (broad SMARTS) is 1. The first kappa shape index (κ1) is 26.8. The molecular formula is C27H37N5O5. The second-order valence-corrected chi connectivity index (χ2v) is 11.6. The monoisotopic (exact) mass is 511 g/mol. The Kier molecular flexibility index (Phi) is 7.94. The predicted molar refractivity (Wildman–Crippen MR) is 135 cm³/mol. The molecule has 0 aromatic carbocycles. The molecule has 1 aromatic heterocycles. The molecule has 6 unspecified atom stereocenters. The van der Waals surface area contributed by atoms with Gasteiger partial charge in [-0.05, 0) is 42.4 Å². The number of nitrogens with one attached hydrogen (secondary N) is 3. The summed E-state index contributed by atoms with van der Waals surface area (Å²) in [6, 6.07) is -2.27. The summed E-state index contributed by atoms with van der Waals surface area (Å²) < 4.78 is 0. The Hall–Kier alpha value is -3.30. The molecule has 0 spiro atoms. The molecule has 2 bridgehead atoms. The third-order valence-electron chi connectivity index (χ3n) is 7.95. The molecule has 6 atom stereocenters. The minimum Gasteiger partial charge on any atom is -0.481 e. The minimum atomic E-state index is -0.928. The average Bonchev–Trinajstić information content (AvgIpc) is 3.47. The Morgan fingerprint density at radius 1 is 0.973 bits per heavy atom. The van der Waals surface area contributed by atoms with Crippen LogP contribution in [-0.2, 0) is 14.4 Å². The van der Waals surface area contributed by atoms with E-state index in [0.717, 1.165) is 32.1 Å². The average molecular weight is 512 g/mol. The van der Waals surface area contributed by atoms with Crippen LogP contribution in [0.15, 0.2) is 30.7 Å². The zero-order chi connectivity index (χ0) is 26.7. The van der Waals surface area contributed by atoms with Crippen LogP contribution < -0.4 is 16.0 Å². The second kappa shape index (κ2) is 11.0. The Balaban J connectivity index is 1.51. The highest BCUT2D eigenvalue weighted by molar-refractivity contribution is 5.97. The van der Waals surface area contributed by atoms with Crippen LogP contribution >= 0.6 is 0 Å². The molecule has 200 valence electrons. The van der Waals surface area contributed by atoms with Gasteiger partial charge in [0.25, 0.3) is 5.91 Å². The van der Waals surface area contributed by atoms with E-state index in [1.54, 1.807) is 0 Å². The van der Waals surface area contributed by atoms with Crippen LogP contribution in [0.4, 0.5) is 0 Å². The number of carbonyl (C=O) groups is 4. The number of fused-ring (bicyclic) bond motifs is 2. The zero-order valence-electron chi connectivity index (χ0n) is 21.6. The molecule has 0 saturated heterocycles. The van der Waals surface area contributed by atoms with Crippen molar-refractivity contribution in [3.8, 4) is 0 Å². The molecule has 4 rings (SSSR count). The van der Waals surface area contributed by atoms with Gasteiger partial charge in [0.15, 0.2) is 0 Å². The molecule has 10 nitrogen and oxygen atoms in total. The van der Waals surface area contributed by atoms with Crippen LogP contribution in [0.25, 0.3) is 0 Å². The number of amides is 3. The van der Waals surface area contributed by atoms with Gasteiger partial charge in [-0.25, -0.2) is 4.98 Å². The quantitative estimate of drug-likeness (QED) is 0.390. The van der Waals surface area contributed by atoms with Crippen molar-refractivity contribution >= 4 is 23.7 Å². The zero-order valence-corrected chi connectivity index (χ0v) is 21.6. The molecule has 10 heteroatoms. The highest BCUT2D eigenvalue weighted by atomic mass is 16.4. The normalized spacial score (nSPS) is 26.8. The van der Waals surface area contributed by atoms with Gasteiger partial charge in [0.2, 0.25) is 11.8 Å². The summed E-state index contributed by atoms with van der Waals surface area (Å²) in [5.74, 6) is -3.14. The fourth-order valence-electron chi connectivity index (χ4n) is 6.01. The Bertz CT molecular complexity index is 1050. The van der Waals surface area contributed by atoms with Gasteiger partial charge >= 0.3 is 5.97 Å². The van der Waals surface area contributed by atoms with E-state index in [1.165, 1.54) is 18.6 Å². The van der Waals surface area contributed by atoms with Gasteiger partial charge in [-0.3, -0.25) is 24.2 Å². The molecular weight excluding hydrogens is 474 g/mol. The number of aliphatic carboxylic acids is 1. The van der Waals surface area contributed by atoms with Crippen LogP contribution in [-0.4, -0.2) is 56.9 Å². The molecule has 3 amide bonds. The highest BCUT2D eigenvalue weighted by Crippen LogP contribution is 2.44. The number of carbonyl (C=O) groups excluding carboxylic acids is 3. The standard InChI is InChI=1S/C27H37N5O5/c1-27(2,3)22(25(35)30-20-17-10-9-16(13-17)19(20)26(36)37)32-24(34)21(15-7-5-4-6-8-15)31-23(33)18-14-28-11-12-29-18/h9-12,14-17,19-22H,4-8,13H2,1-3H3,(H,30,35)(H,31,33)(H,32,34)(H,36,37). The van der Waals surface area contributed by atoms with E-state index < -0.39 is 53.1 Å². The maximum atomic E-state index is 13.7. The number of hydrogen-bond acceptors (Lipinski definition) is 6. The maximum Gasteiger partial charge on any atom is 0.309 e. The van der Waals surface area contributed by atoms with Crippen molar-refractivity contribution in [2.24, 2.45) is 29.1 Å². The summed E-state index contributed by atoms with van der Waals surface area (Å²) in [6.45, 7) is 5.54. The van der Waals surface area contributed by atoms with Gasteiger partial charge in [0.1, 0.15) is 17.8 Å². The number of hydrogen-bond donors (Lipinski definition) is 4. The van der Waals surface area contributed by atoms with Gasteiger partial charge in [-0.2, -0.15) is 0 Å². The molecule has 2 saturated carbocycles. The van der Waals surface area contributed by atoms with Gasteiger partial charge in [0, 0.05) is 18.4 Å². The molecule has 0 aliphatic heterocycles. The Morgan fingerprint density at radius 3 is 2.30 bits per heavy atom. The SMILES string of the molecule is CC(C)(C)C(NC(=O)C(NC(=O)c1cnccn1)C1CCCCC1)C(=O)NC1C2C=CC(C2)C1C(=O)O. The van der Waals surface area contributed by atoms with E-state index in [4.69, 9.17) is 0 Å². The summed E-state index contributed by atoms with van der Waals surface area (Å²) in [4.78, 5) is 59.9. The molecule has 2 fully saturated rings. The Morgan fingerprint density at radius 2 is 1.68 bits per heavy atom. The van der Waals surface area contributed by atoms with Crippen molar-refractivity contribution in [1.82, 2.24) is 25.9 Å². The van der Waals surface area contributed by atoms with E-state index >= 15 is 0 Å². The number of aromatic nitrogens is 2. The van der Waals surface area contributed by atoms with Gasteiger partial charge in [-0.1, -0.05) is 52.2 Å². The van der Waals surface area contributed by atoms with Gasteiger partial charge < -0.3 is 21.1 Å². The number of allylic oxidation sites excluding steroid dienone is 1. The predicted octanol–water partition coefficient (Wildman–Crippen LogP) is 2.08. The van der Waals surface area contributed by atoms with Crippen LogP contribution in [0.5, 0.6) is 0 Å². The van der Waals surface area contributed by atoms with Crippen LogP contribution in [0.3, 0.4) is 0 Å². The lowest BCUT2D eigenvalue weighted by molar-refractivity contribution is -0.144. The third-order valence-corrected chi connectivity index (χ3v) is 7.95. The topological polar surface area (TPSA) is 150 Å². The lowest BCUT2D eigenvalue weighted by Gasteiger charge is -2.36. The van der Waals surface area contributed by atoms with E-state index in [-0.39, 0.29) is 23.4 Å². The van der Waals surface area contributed by atoms with Crippen molar-refractivity contribution in [2.45, 2.75) is 77.4 Å². The number of nitrogens with zero attached hydrogens (tertiary/aromatic N) is 2. The van der Waals surface area contributed by atoms with Gasteiger partial charge in [-0.15, -0.1) is 0 Å². The molecule has 1 heterocycles. The van der Waals surface area contributed by atoms with Crippen molar-refractivity contribution in [1.29, 1.82) is 0 Å². The first-order valence-electron chi connectivity index (χ1n) is 13.1. The van der Waals surface area contributed by atoms with Crippen LogP contribution in [0.2, 0.25) is 0 Å². The summed E-state index contributed by atoms with van der Waals surface area (Å²) in [5, 5.41) is 18.4. The minimum absolute atomic E-state index is 0.0346. The van der Waals surface area contributed by atoms with E-state index in [2.05, 4.69) is 25.9 Å².